The fourth-order valence-corrected chi connectivity index (χ4v) is 3.52. The number of anilines is 1. The van der Waals surface area contributed by atoms with E-state index in [0.29, 0.717) is 12.1 Å². The van der Waals surface area contributed by atoms with Gasteiger partial charge in [0.2, 0.25) is 10.0 Å². The summed E-state index contributed by atoms with van der Waals surface area (Å²) >= 11 is 0. The number of ether oxygens (including phenoxy) is 2. The van der Waals surface area contributed by atoms with E-state index in [2.05, 4.69) is 22.3 Å². The van der Waals surface area contributed by atoms with E-state index in [1.807, 2.05) is 0 Å². The third kappa shape index (κ3) is 6.44. The minimum Gasteiger partial charge on any atom is -0.493 e. The molecule has 1 saturated heterocycles. The zero-order valence-electron chi connectivity index (χ0n) is 16.0. The molecule has 154 valence electrons. The Morgan fingerprint density at radius 3 is 2.37 bits per heavy atom. The quantitative estimate of drug-likeness (QED) is 0.617. The second kappa shape index (κ2) is 9.48. The first kappa shape index (κ1) is 23.3. The Bertz CT molecular complexity index is 764. The van der Waals surface area contributed by atoms with Crippen molar-refractivity contribution >= 4 is 34.0 Å². The SMILES string of the molecule is COc1cc(C(=O)NCC2(C)CCNCC2)cc(NS(C)(=O)=O)c1OC.Cl. The summed E-state index contributed by atoms with van der Waals surface area (Å²) in [4.78, 5) is 12.6. The summed E-state index contributed by atoms with van der Waals surface area (Å²) in [5.41, 5.74) is 0.504. The van der Waals surface area contributed by atoms with Gasteiger partial charge in [-0.25, -0.2) is 8.42 Å². The minimum atomic E-state index is -3.54. The zero-order valence-corrected chi connectivity index (χ0v) is 17.7. The number of halogens is 1. The molecule has 3 N–H and O–H groups in total. The van der Waals surface area contributed by atoms with Crippen molar-refractivity contribution in [2.24, 2.45) is 5.41 Å². The first-order valence-electron chi connectivity index (χ1n) is 8.40. The number of carbonyl (C=O) groups excluding carboxylic acids is 1. The number of rotatable bonds is 7. The lowest BCUT2D eigenvalue weighted by atomic mass is 9.81. The molecule has 2 rings (SSSR count). The van der Waals surface area contributed by atoms with E-state index in [-0.39, 0.29) is 40.9 Å². The zero-order chi connectivity index (χ0) is 19.4. The molecule has 1 amide bonds. The summed E-state index contributed by atoms with van der Waals surface area (Å²) < 4.78 is 36.1. The molecule has 0 atom stereocenters. The van der Waals surface area contributed by atoms with Crippen molar-refractivity contribution in [3.05, 3.63) is 17.7 Å². The maximum atomic E-state index is 12.6. The maximum Gasteiger partial charge on any atom is 0.251 e. The van der Waals surface area contributed by atoms with Gasteiger partial charge >= 0.3 is 0 Å². The van der Waals surface area contributed by atoms with Gasteiger partial charge in [-0.2, -0.15) is 0 Å². The highest BCUT2D eigenvalue weighted by molar-refractivity contribution is 7.92. The van der Waals surface area contributed by atoms with Crippen molar-refractivity contribution in [3.63, 3.8) is 0 Å². The molecule has 1 aliphatic heterocycles. The van der Waals surface area contributed by atoms with Crippen molar-refractivity contribution < 1.29 is 22.7 Å². The molecule has 0 radical (unpaired) electrons. The Balaban J connectivity index is 0.00000364. The van der Waals surface area contributed by atoms with Gasteiger partial charge in [-0.15, -0.1) is 12.4 Å². The number of piperidine rings is 1. The highest BCUT2D eigenvalue weighted by atomic mass is 35.5. The summed E-state index contributed by atoms with van der Waals surface area (Å²) in [6.45, 7) is 4.58. The predicted molar refractivity (Wildman–Crippen MR) is 108 cm³/mol. The van der Waals surface area contributed by atoms with Crippen LogP contribution in [0.4, 0.5) is 5.69 Å². The first-order chi connectivity index (χ1) is 12.2. The van der Waals surface area contributed by atoms with Crippen LogP contribution in [0.15, 0.2) is 12.1 Å². The van der Waals surface area contributed by atoms with Crippen LogP contribution in [0.2, 0.25) is 0 Å². The summed E-state index contributed by atoms with van der Waals surface area (Å²) in [5, 5.41) is 6.26. The molecule has 0 aromatic heterocycles. The lowest BCUT2D eigenvalue weighted by Crippen LogP contribution is -2.42. The molecule has 0 aliphatic carbocycles. The monoisotopic (exact) mass is 421 g/mol. The van der Waals surface area contributed by atoms with Gasteiger partial charge in [-0.3, -0.25) is 9.52 Å². The van der Waals surface area contributed by atoms with Gasteiger partial charge in [0.1, 0.15) is 0 Å². The molecule has 27 heavy (non-hydrogen) atoms. The highest BCUT2D eigenvalue weighted by Crippen LogP contribution is 2.37. The Hall–Kier alpha value is -1.71. The topological polar surface area (TPSA) is 106 Å². The summed E-state index contributed by atoms with van der Waals surface area (Å²) in [5.74, 6) is 0.210. The van der Waals surface area contributed by atoms with Gasteiger partial charge in [0.25, 0.3) is 5.91 Å². The van der Waals surface area contributed by atoms with Crippen LogP contribution < -0.4 is 24.8 Å². The van der Waals surface area contributed by atoms with Crippen LogP contribution in [0.25, 0.3) is 0 Å². The van der Waals surface area contributed by atoms with Crippen LogP contribution in [0.3, 0.4) is 0 Å². The average molecular weight is 422 g/mol. The normalized spacial score (nSPS) is 16.0. The van der Waals surface area contributed by atoms with Gasteiger partial charge in [-0.05, 0) is 43.5 Å². The second-order valence-corrected chi connectivity index (χ2v) is 8.63. The van der Waals surface area contributed by atoms with Crippen LogP contribution in [-0.4, -0.2) is 54.4 Å². The van der Waals surface area contributed by atoms with Gasteiger partial charge in [0.15, 0.2) is 11.5 Å². The van der Waals surface area contributed by atoms with Gasteiger partial charge < -0.3 is 20.1 Å². The van der Waals surface area contributed by atoms with Crippen LogP contribution >= 0.6 is 12.4 Å². The molecule has 1 aromatic rings. The fraction of sp³-hybridized carbons (Fsp3) is 0.588. The minimum absolute atomic E-state index is 0. The van der Waals surface area contributed by atoms with Crippen molar-refractivity contribution in [2.75, 3.05) is 44.8 Å². The van der Waals surface area contributed by atoms with Crippen LogP contribution in [0, 0.1) is 5.41 Å². The van der Waals surface area contributed by atoms with Crippen LogP contribution in [0.1, 0.15) is 30.1 Å². The number of methoxy groups -OCH3 is 2. The predicted octanol–water partition coefficient (Wildman–Crippen LogP) is 1.62. The Morgan fingerprint density at radius 1 is 1.22 bits per heavy atom. The van der Waals surface area contributed by atoms with E-state index in [9.17, 15) is 13.2 Å². The lowest BCUT2D eigenvalue weighted by Gasteiger charge is -2.34. The number of hydrogen-bond acceptors (Lipinski definition) is 6. The maximum absolute atomic E-state index is 12.6. The molecule has 0 unspecified atom stereocenters. The van der Waals surface area contributed by atoms with Crippen molar-refractivity contribution in [1.82, 2.24) is 10.6 Å². The fourth-order valence-electron chi connectivity index (χ4n) is 2.97. The van der Waals surface area contributed by atoms with Crippen molar-refractivity contribution in [3.8, 4) is 11.5 Å². The number of amides is 1. The molecule has 1 aliphatic rings. The van der Waals surface area contributed by atoms with Crippen LogP contribution in [-0.2, 0) is 10.0 Å². The summed E-state index contributed by atoms with van der Waals surface area (Å²) in [6.07, 6.45) is 3.00. The van der Waals surface area contributed by atoms with Crippen LogP contribution in [0.5, 0.6) is 11.5 Å². The van der Waals surface area contributed by atoms with E-state index in [0.717, 1.165) is 32.2 Å². The Morgan fingerprint density at radius 2 is 1.85 bits per heavy atom. The smallest absolute Gasteiger partial charge is 0.251 e. The average Bonchev–Trinajstić information content (AvgIpc) is 2.58. The largest absolute Gasteiger partial charge is 0.493 e. The molecule has 1 aromatic carbocycles. The number of nitrogens with one attached hydrogen (secondary N) is 3. The third-order valence-electron chi connectivity index (χ3n) is 4.52. The highest BCUT2D eigenvalue weighted by Gasteiger charge is 2.27. The van der Waals surface area contributed by atoms with Gasteiger partial charge in [0, 0.05) is 12.1 Å². The van der Waals surface area contributed by atoms with E-state index >= 15 is 0 Å². The molecule has 0 spiro atoms. The first-order valence-corrected chi connectivity index (χ1v) is 10.3. The molecule has 1 fully saturated rings. The molecule has 10 heteroatoms. The van der Waals surface area contributed by atoms with E-state index in [1.165, 1.54) is 26.4 Å². The second-order valence-electron chi connectivity index (χ2n) is 6.88. The number of sulfonamides is 1. The third-order valence-corrected chi connectivity index (χ3v) is 5.11. The molecule has 0 saturated carbocycles. The summed E-state index contributed by atoms with van der Waals surface area (Å²) in [6, 6.07) is 2.98. The van der Waals surface area contributed by atoms with Crippen molar-refractivity contribution in [2.45, 2.75) is 19.8 Å². The summed E-state index contributed by atoms with van der Waals surface area (Å²) in [7, 11) is -0.704. The van der Waals surface area contributed by atoms with E-state index in [1.54, 1.807) is 0 Å². The standard InChI is InChI=1S/C17H27N3O5S.ClH/c1-17(5-7-18-8-6-17)11-19-16(21)12-9-13(20-26(4,22)23)15(25-3)14(10-12)24-2;/h9-10,18,20H,5-8,11H2,1-4H3,(H,19,21);1H. The van der Waals surface area contributed by atoms with Gasteiger partial charge in [-0.1, -0.05) is 6.92 Å². The van der Waals surface area contributed by atoms with E-state index in [4.69, 9.17) is 9.47 Å². The molecule has 0 bridgehead atoms. The number of benzene rings is 1. The molecule has 1 heterocycles. The number of hydrogen-bond donors (Lipinski definition) is 3. The Labute approximate surface area is 166 Å². The molecular formula is C17H28ClN3O5S. The van der Waals surface area contributed by atoms with Crippen molar-refractivity contribution in [1.29, 1.82) is 0 Å². The van der Waals surface area contributed by atoms with E-state index < -0.39 is 10.0 Å². The molecule has 8 nitrogen and oxygen atoms in total. The number of carbonyl (C=O) groups is 1. The molecular weight excluding hydrogens is 394 g/mol. The lowest BCUT2D eigenvalue weighted by molar-refractivity contribution is 0.0922. The van der Waals surface area contributed by atoms with Gasteiger partial charge in [0.05, 0.1) is 26.2 Å². The Kier molecular flexibility index (Phi) is 8.19.